The van der Waals surface area contributed by atoms with Crippen LogP contribution in [0.15, 0.2) is 30.3 Å². The first kappa shape index (κ1) is 14.1. The van der Waals surface area contributed by atoms with Crippen molar-refractivity contribution in [2.24, 2.45) is 11.7 Å². The summed E-state index contributed by atoms with van der Waals surface area (Å²) in [6.45, 7) is 3.54. The maximum Gasteiger partial charge on any atom is 0.227 e. The van der Waals surface area contributed by atoms with Gasteiger partial charge in [-0.15, -0.1) is 0 Å². The normalized spacial score (nSPS) is 22.4. The summed E-state index contributed by atoms with van der Waals surface area (Å²) >= 11 is 0. The summed E-state index contributed by atoms with van der Waals surface area (Å²) in [5.41, 5.74) is 6.92. The highest BCUT2D eigenvalue weighted by Crippen LogP contribution is 2.29. The molecule has 19 heavy (non-hydrogen) atoms. The molecule has 0 bridgehead atoms. The molecule has 2 atom stereocenters. The molecule has 0 aromatic heterocycles. The molecule has 2 N–H and O–H groups in total. The van der Waals surface area contributed by atoms with Crippen LogP contribution < -0.4 is 5.73 Å². The molecule has 2 unspecified atom stereocenters. The topological polar surface area (TPSA) is 46.3 Å². The van der Waals surface area contributed by atoms with Gasteiger partial charge in [-0.2, -0.15) is 0 Å². The number of rotatable bonds is 5. The largest absolute Gasteiger partial charge is 0.339 e. The Bertz CT molecular complexity index is 404. The summed E-state index contributed by atoms with van der Waals surface area (Å²) in [6.07, 6.45) is 3.97. The molecule has 0 saturated heterocycles. The van der Waals surface area contributed by atoms with E-state index in [2.05, 4.69) is 6.92 Å². The summed E-state index contributed by atoms with van der Waals surface area (Å²) in [7, 11) is 0. The van der Waals surface area contributed by atoms with Crippen LogP contribution in [0.3, 0.4) is 0 Å². The monoisotopic (exact) mass is 260 g/mol. The van der Waals surface area contributed by atoms with Crippen LogP contribution in [0.5, 0.6) is 0 Å². The first-order valence-corrected chi connectivity index (χ1v) is 7.29. The number of carbonyl (C=O) groups is 1. The SMILES string of the molecule is CCN(C(=O)Cc1ccccc1)C1CCCC1CN. The van der Waals surface area contributed by atoms with Gasteiger partial charge in [-0.3, -0.25) is 4.79 Å². The van der Waals surface area contributed by atoms with Crippen LogP contribution >= 0.6 is 0 Å². The van der Waals surface area contributed by atoms with E-state index in [0.29, 0.717) is 24.9 Å². The molecule has 0 spiro atoms. The maximum absolute atomic E-state index is 12.5. The molecule has 0 aliphatic heterocycles. The molecule has 104 valence electrons. The second kappa shape index (κ2) is 6.71. The van der Waals surface area contributed by atoms with Crippen molar-refractivity contribution in [1.82, 2.24) is 4.90 Å². The number of amides is 1. The minimum atomic E-state index is 0.235. The van der Waals surface area contributed by atoms with Crippen molar-refractivity contribution in [2.45, 2.75) is 38.6 Å². The summed E-state index contributed by atoms with van der Waals surface area (Å²) < 4.78 is 0. The molecule has 2 rings (SSSR count). The van der Waals surface area contributed by atoms with Crippen LogP contribution in [0.2, 0.25) is 0 Å². The van der Waals surface area contributed by atoms with E-state index in [1.54, 1.807) is 0 Å². The third-order valence-electron chi connectivity index (χ3n) is 4.18. The molecular formula is C16H24N2O. The van der Waals surface area contributed by atoms with E-state index in [9.17, 15) is 4.79 Å². The van der Waals surface area contributed by atoms with Gasteiger partial charge in [0.2, 0.25) is 5.91 Å². The average molecular weight is 260 g/mol. The van der Waals surface area contributed by atoms with Crippen molar-refractivity contribution in [3.05, 3.63) is 35.9 Å². The third-order valence-corrected chi connectivity index (χ3v) is 4.18. The zero-order valence-electron chi connectivity index (χ0n) is 11.7. The molecule has 3 nitrogen and oxygen atoms in total. The molecule has 1 saturated carbocycles. The molecule has 0 radical (unpaired) electrons. The fourth-order valence-corrected chi connectivity index (χ4v) is 3.17. The van der Waals surface area contributed by atoms with Gasteiger partial charge >= 0.3 is 0 Å². The molecule has 1 aliphatic carbocycles. The predicted octanol–water partition coefficient (Wildman–Crippen LogP) is 2.21. The van der Waals surface area contributed by atoms with Gasteiger partial charge in [-0.05, 0) is 37.8 Å². The fourth-order valence-electron chi connectivity index (χ4n) is 3.17. The summed E-state index contributed by atoms with van der Waals surface area (Å²) in [5.74, 6) is 0.721. The van der Waals surface area contributed by atoms with Crippen LogP contribution in [-0.4, -0.2) is 29.9 Å². The Balaban J connectivity index is 2.03. The van der Waals surface area contributed by atoms with E-state index in [1.165, 1.54) is 6.42 Å². The summed E-state index contributed by atoms with van der Waals surface area (Å²) in [4.78, 5) is 14.5. The first-order chi connectivity index (χ1) is 9.26. The molecule has 1 aliphatic rings. The number of carbonyl (C=O) groups excluding carboxylic acids is 1. The van der Waals surface area contributed by atoms with Gasteiger partial charge in [-0.1, -0.05) is 36.8 Å². The van der Waals surface area contributed by atoms with Crippen molar-refractivity contribution in [3.63, 3.8) is 0 Å². The molecule has 1 aromatic rings. The Morgan fingerprint density at radius 2 is 2.05 bits per heavy atom. The second-order valence-corrected chi connectivity index (χ2v) is 5.34. The quantitative estimate of drug-likeness (QED) is 0.882. The van der Waals surface area contributed by atoms with E-state index >= 15 is 0 Å². The van der Waals surface area contributed by atoms with Crippen LogP contribution in [0.1, 0.15) is 31.7 Å². The molecule has 1 fully saturated rings. The third kappa shape index (κ3) is 3.35. The lowest BCUT2D eigenvalue weighted by atomic mass is 10.0. The number of hydrogen-bond acceptors (Lipinski definition) is 2. The number of nitrogens with zero attached hydrogens (tertiary/aromatic N) is 1. The van der Waals surface area contributed by atoms with Gasteiger partial charge in [0.05, 0.1) is 6.42 Å². The highest BCUT2D eigenvalue weighted by atomic mass is 16.2. The van der Waals surface area contributed by atoms with Crippen LogP contribution in [0.4, 0.5) is 0 Å². The van der Waals surface area contributed by atoms with Crippen LogP contribution in [-0.2, 0) is 11.2 Å². The van der Waals surface area contributed by atoms with E-state index < -0.39 is 0 Å². The highest BCUT2D eigenvalue weighted by Gasteiger charge is 2.32. The first-order valence-electron chi connectivity index (χ1n) is 7.29. The van der Waals surface area contributed by atoms with E-state index in [0.717, 1.165) is 24.9 Å². The maximum atomic E-state index is 12.5. The van der Waals surface area contributed by atoms with Gasteiger partial charge in [0.25, 0.3) is 0 Å². The van der Waals surface area contributed by atoms with Crippen LogP contribution in [0.25, 0.3) is 0 Å². The number of nitrogens with two attached hydrogens (primary N) is 1. The second-order valence-electron chi connectivity index (χ2n) is 5.34. The number of likely N-dealkylation sites (N-methyl/N-ethyl adjacent to an activating group) is 1. The summed E-state index contributed by atoms with van der Waals surface area (Å²) in [5, 5.41) is 0. The minimum absolute atomic E-state index is 0.235. The van der Waals surface area contributed by atoms with E-state index in [4.69, 9.17) is 5.73 Å². The predicted molar refractivity (Wildman–Crippen MR) is 77.7 cm³/mol. The lowest BCUT2D eigenvalue weighted by Gasteiger charge is -2.32. The Morgan fingerprint density at radius 3 is 2.68 bits per heavy atom. The van der Waals surface area contributed by atoms with Crippen molar-refractivity contribution in [1.29, 1.82) is 0 Å². The molecule has 1 amide bonds. The lowest BCUT2D eigenvalue weighted by Crippen LogP contribution is -2.44. The Hall–Kier alpha value is -1.35. The fraction of sp³-hybridized carbons (Fsp3) is 0.562. The van der Waals surface area contributed by atoms with Gasteiger partial charge in [0.1, 0.15) is 0 Å². The van der Waals surface area contributed by atoms with Crippen LogP contribution in [0, 0.1) is 5.92 Å². The average Bonchev–Trinajstić information content (AvgIpc) is 2.89. The van der Waals surface area contributed by atoms with E-state index in [-0.39, 0.29) is 5.91 Å². The zero-order valence-corrected chi connectivity index (χ0v) is 11.7. The lowest BCUT2D eigenvalue weighted by molar-refractivity contribution is -0.133. The van der Waals surface area contributed by atoms with Gasteiger partial charge in [0.15, 0.2) is 0 Å². The standard InChI is InChI=1S/C16H24N2O/c1-2-18(15-10-6-9-14(15)12-17)16(19)11-13-7-4-3-5-8-13/h3-5,7-8,14-15H,2,6,9-12,17H2,1H3. The Labute approximate surface area is 115 Å². The van der Waals surface area contributed by atoms with Gasteiger partial charge in [-0.25, -0.2) is 0 Å². The smallest absolute Gasteiger partial charge is 0.227 e. The van der Waals surface area contributed by atoms with Crippen molar-refractivity contribution in [2.75, 3.05) is 13.1 Å². The molecule has 1 aromatic carbocycles. The Morgan fingerprint density at radius 1 is 1.32 bits per heavy atom. The minimum Gasteiger partial charge on any atom is -0.339 e. The van der Waals surface area contributed by atoms with Crippen molar-refractivity contribution >= 4 is 5.91 Å². The van der Waals surface area contributed by atoms with Gasteiger partial charge < -0.3 is 10.6 Å². The van der Waals surface area contributed by atoms with Crippen molar-refractivity contribution in [3.8, 4) is 0 Å². The molecular weight excluding hydrogens is 236 g/mol. The zero-order chi connectivity index (χ0) is 13.7. The molecule has 3 heteroatoms. The Kier molecular flexibility index (Phi) is 4.97. The molecule has 0 heterocycles. The van der Waals surface area contributed by atoms with Crippen molar-refractivity contribution < 1.29 is 4.79 Å². The van der Waals surface area contributed by atoms with Gasteiger partial charge in [0, 0.05) is 12.6 Å². The highest BCUT2D eigenvalue weighted by molar-refractivity contribution is 5.79. The number of hydrogen-bond donors (Lipinski definition) is 1. The van der Waals surface area contributed by atoms with E-state index in [1.807, 2.05) is 35.2 Å². The summed E-state index contributed by atoms with van der Waals surface area (Å²) in [6, 6.07) is 10.3. The number of benzene rings is 1.